The fourth-order valence-electron chi connectivity index (χ4n) is 2.78. The number of aromatic nitrogens is 1. The Morgan fingerprint density at radius 2 is 1.83 bits per heavy atom. The van der Waals surface area contributed by atoms with E-state index in [2.05, 4.69) is 76.9 Å². The minimum atomic E-state index is 0.667. The lowest BCUT2D eigenvalue weighted by Crippen LogP contribution is -2.22. The van der Waals surface area contributed by atoms with Crippen LogP contribution in [0.3, 0.4) is 0 Å². The van der Waals surface area contributed by atoms with Gasteiger partial charge in [0.1, 0.15) is 5.52 Å². The number of hydrogen-bond acceptors (Lipinski definition) is 3. The van der Waals surface area contributed by atoms with Gasteiger partial charge in [0.25, 0.3) is 0 Å². The van der Waals surface area contributed by atoms with Crippen molar-refractivity contribution in [2.24, 2.45) is 0 Å². The van der Waals surface area contributed by atoms with E-state index in [1.807, 2.05) is 6.07 Å². The summed E-state index contributed by atoms with van der Waals surface area (Å²) in [4.78, 5) is 6.96. The third-order valence-electron chi connectivity index (χ3n) is 4.16. The van der Waals surface area contributed by atoms with Gasteiger partial charge in [0, 0.05) is 23.1 Å². The van der Waals surface area contributed by atoms with Crippen molar-refractivity contribution in [3.8, 4) is 11.5 Å². The molecule has 0 saturated carbocycles. The average Bonchev–Trinajstić information content (AvgIpc) is 3.00. The number of benzene rings is 2. The van der Waals surface area contributed by atoms with Gasteiger partial charge in [-0.15, -0.1) is 0 Å². The Morgan fingerprint density at radius 1 is 1.04 bits per heavy atom. The highest BCUT2D eigenvalue weighted by Crippen LogP contribution is 2.32. The fraction of sp³-hybridized carbons (Fsp3) is 0.316. The number of rotatable bonds is 5. The van der Waals surface area contributed by atoms with Crippen LogP contribution in [-0.2, 0) is 6.42 Å². The van der Waals surface area contributed by atoms with Crippen molar-refractivity contribution in [2.75, 3.05) is 18.0 Å². The largest absolute Gasteiger partial charge is 0.436 e. The molecule has 0 aliphatic heterocycles. The van der Waals surface area contributed by atoms with Crippen LogP contribution in [0, 0.1) is 0 Å². The van der Waals surface area contributed by atoms with Crippen LogP contribution in [-0.4, -0.2) is 18.1 Å². The lowest BCUT2D eigenvalue weighted by atomic mass is 10.1. The Balaban J connectivity index is 2.00. The summed E-state index contributed by atoms with van der Waals surface area (Å²) in [5, 5.41) is 0. The first kappa shape index (κ1) is 16.1. The Labute approximate surface area is 145 Å². The summed E-state index contributed by atoms with van der Waals surface area (Å²) < 4.78 is 6.98. The van der Waals surface area contributed by atoms with E-state index < -0.39 is 0 Å². The third kappa shape index (κ3) is 3.13. The summed E-state index contributed by atoms with van der Waals surface area (Å²) >= 11 is 3.68. The van der Waals surface area contributed by atoms with Crippen LogP contribution in [0.1, 0.15) is 26.3 Å². The summed E-state index contributed by atoms with van der Waals surface area (Å²) in [6, 6.07) is 12.5. The number of aryl methyl sites for hydroxylation is 1. The minimum absolute atomic E-state index is 0.667. The van der Waals surface area contributed by atoms with Crippen LogP contribution in [0.4, 0.5) is 5.69 Å². The van der Waals surface area contributed by atoms with E-state index in [0.29, 0.717) is 5.89 Å². The molecule has 0 aliphatic carbocycles. The van der Waals surface area contributed by atoms with Gasteiger partial charge in [0.05, 0.1) is 5.69 Å². The maximum Gasteiger partial charge on any atom is 0.227 e. The smallest absolute Gasteiger partial charge is 0.227 e. The number of fused-ring (bicyclic) bond motifs is 1. The van der Waals surface area contributed by atoms with Crippen LogP contribution in [0.25, 0.3) is 22.6 Å². The van der Waals surface area contributed by atoms with Crippen LogP contribution >= 0.6 is 15.9 Å². The second kappa shape index (κ2) is 6.75. The summed E-state index contributed by atoms with van der Waals surface area (Å²) in [5.41, 5.74) is 5.21. The van der Waals surface area contributed by atoms with Crippen LogP contribution in [0.5, 0.6) is 0 Å². The van der Waals surface area contributed by atoms with Crippen molar-refractivity contribution < 1.29 is 4.42 Å². The molecule has 0 atom stereocenters. The van der Waals surface area contributed by atoms with Crippen LogP contribution < -0.4 is 4.90 Å². The molecule has 0 fully saturated rings. The van der Waals surface area contributed by atoms with Crippen molar-refractivity contribution in [1.29, 1.82) is 0 Å². The molecule has 0 amide bonds. The molecule has 0 spiro atoms. The number of anilines is 1. The van der Waals surface area contributed by atoms with Crippen LogP contribution in [0.2, 0.25) is 0 Å². The lowest BCUT2D eigenvalue weighted by molar-refractivity contribution is 0.619. The Morgan fingerprint density at radius 3 is 2.48 bits per heavy atom. The van der Waals surface area contributed by atoms with Crippen molar-refractivity contribution in [3.05, 3.63) is 46.4 Å². The molecule has 0 N–H and O–H groups in total. The Hall–Kier alpha value is -1.81. The monoisotopic (exact) mass is 372 g/mol. The van der Waals surface area contributed by atoms with Gasteiger partial charge in [-0.05, 0) is 72.1 Å². The number of hydrogen-bond donors (Lipinski definition) is 0. The molecule has 0 bridgehead atoms. The summed E-state index contributed by atoms with van der Waals surface area (Å²) in [5.74, 6) is 0.667. The molecule has 3 nitrogen and oxygen atoms in total. The second-order valence-corrected chi connectivity index (χ2v) is 6.37. The molecule has 3 aromatic rings. The average molecular weight is 373 g/mol. The predicted octanol–water partition coefficient (Wildman–Crippen LogP) is 5.67. The molecule has 1 heterocycles. The molecule has 23 heavy (non-hydrogen) atoms. The van der Waals surface area contributed by atoms with Gasteiger partial charge in [0.2, 0.25) is 5.89 Å². The van der Waals surface area contributed by atoms with Crippen molar-refractivity contribution in [1.82, 2.24) is 4.98 Å². The topological polar surface area (TPSA) is 29.3 Å². The minimum Gasteiger partial charge on any atom is -0.436 e. The lowest BCUT2D eigenvalue weighted by Gasteiger charge is -2.22. The Bertz CT molecular complexity index is 821. The van der Waals surface area contributed by atoms with Gasteiger partial charge in [-0.2, -0.15) is 0 Å². The maximum atomic E-state index is 5.92. The van der Waals surface area contributed by atoms with Crippen molar-refractivity contribution in [3.63, 3.8) is 0 Å². The van der Waals surface area contributed by atoms with Gasteiger partial charge in [-0.1, -0.05) is 13.0 Å². The van der Waals surface area contributed by atoms with E-state index in [1.54, 1.807) is 0 Å². The van der Waals surface area contributed by atoms with Crippen molar-refractivity contribution in [2.45, 2.75) is 27.2 Å². The molecule has 0 radical (unpaired) electrons. The molecule has 0 aliphatic rings. The van der Waals surface area contributed by atoms with E-state index in [1.165, 1.54) is 11.3 Å². The molecular weight excluding hydrogens is 352 g/mol. The first-order valence-electron chi connectivity index (χ1n) is 8.10. The van der Waals surface area contributed by atoms with Crippen LogP contribution in [0.15, 0.2) is 45.3 Å². The first-order valence-corrected chi connectivity index (χ1v) is 8.89. The van der Waals surface area contributed by atoms with E-state index in [0.717, 1.165) is 40.6 Å². The summed E-state index contributed by atoms with van der Waals surface area (Å²) in [7, 11) is 0. The van der Waals surface area contributed by atoms with Gasteiger partial charge < -0.3 is 9.32 Å². The molecule has 2 aromatic carbocycles. The van der Waals surface area contributed by atoms with E-state index in [-0.39, 0.29) is 0 Å². The highest BCUT2D eigenvalue weighted by Gasteiger charge is 2.12. The van der Waals surface area contributed by atoms with Crippen molar-refractivity contribution >= 4 is 32.7 Å². The third-order valence-corrected chi connectivity index (χ3v) is 4.79. The zero-order valence-electron chi connectivity index (χ0n) is 13.8. The van der Waals surface area contributed by atoms with Gasteiger partial charge in [0.15, 0.2) is 5.58 Å². The van der Waals surface area contributed by atoms with E-state index >= 15 is 0 Å². The predicted molar refractivity (Wildman–Crippen MR) is 100 cm³/mol. The van der Waals surface area contributed by atoms with Gasteiger partial charge in [-0.3, -0.25) is 0 Å². The molecule has 120 valence electrons. The fourth-order valence-corrected chi connectivity index (χ4v) is 3.41. The standard InChI is InChI=1S/C19H21BrN2O/c1-4-13-7-10-18-16(11-13)21-19(23-18)14-8-9-17(15(20)12-14)22(5-2)6-3/h7-12H,4-6H2,1-3H3. The molecular formula is C19H21BrN2O. The number of halogens is 1. The van der Waals surface area contributed by atoms with E-state index in [9.17, 15) is 0 Å². The van der Waals surface area contributed by atoms with Gasteiger partial charge >= 0.3 is 0 Å². The summed E-state index contributed by atoms with van der Waals surface area (Å²) in [6.07, 6.45) is 1.00. The highest BCUT2D eigenvalue weighted by molar-refractivity contribution is 9.10. The van der Waals surface area contributed by atoms with E-state index in [4.69, 9.17) is 4.42 Å². The molecule has 3 rings (SSSR count). The quantitative estimate of drug-likeness (QED) is 0.577. The molecule has 1 aromatic heterocycles. The first-order chi connectivity index (χ1) is 11.2. The van der Waals surface area contributed by atoms with Gasteiger partial charge in [-0.25, -0.2) is 4.98 Å². The molecule has 4 heteroatoms. The number of oxazole rings is 1. The molecule has 0 saturated heterocycles. The normalized spacial score (nSPS) is 11.1. The zero-order chi connectivity index (χ0) is 16.4. The highest BCUT2D eigenvalue weighted by atomic mass is 79.9. The Kier molecular flexibility index (Phi) is 4.71. The second-order valence-electron chi connectivity index (χ2n) is 5.51. The SMILES string of the molecule is CCc1ccc2oc(-c3ccc(N(CC)CC)c(Br)c3)nc2c1. The summed E-state index contributed by atoms with van der Waals surface area (Å²) in [6.45, 7) is 8.44. The molecule has 0 unspecified atom stereocenters. The maximum absolute atomic E-state index is 5.92. The zero-order valence-corrected chi connectivity index (χ0v) is 15.4. The number of nitrogens with zero attached hydrogens (tertiary/aromatic N) is 2.